The highest BCUT2D eigenvalue weighted by Crippen LogP contribution is 2.27. The van der Waals surface area contributed by atoms with Crippen molar-refractivity contribution < 1.29 is 4.79 Å². The van der Waals surface area contributed by atoms with Gasteiger partial charge in [0.15, 0.2) is 0 Å². The van der Waals surface area contributed by atoms with Gasteiger partial charge in [0.25, 0.3) is 0 Å². The second-order valence-corrected chi connectivity index (χ2v) is 5.10. The number of nitrogens with one attached hydrogen (secondary N) is 1. The molecular formula is C17H23N3O. The first kappa shape index (κ1) is 15.2. The zero-order valence-electron chi connectivity index (χ0n) is 12.4. The fourth-order valence-electron chi connectivity index (χ4n) is 2.53. The largest absolute Gasteiger partial charge is 0.383 e. The van der Waals surface area contributed by atoms with E-state index in [0.717, 1.165) is 30.9 Å². The van der Waals surface area contributed by atoms with E-state index in [-0.39, 0.29) is 5.91 Å². The maximum atomic E-state index is 12.5. The Labute approximate surface area is 126 Å². The lowest BCUT2D eigenvalue weighted by molar-refractivity contribution is -0.128. The quantitative estimate of drug-likeness (QED) is 0.816. The van der Waals surface area contributed by atoms with Crippen molar-refractivity contribution in [3.63, 3.8) is 0 Å². The summed E-state index contributed by atoms with van der Waals surface area (Å²) in [5, 5.41) is 3.41. The smallest absolute Gasteiger partial charge is 0.242 e. The number of rotatable bonds is 6. The van der Waals surface area contributed by atoms with Crippen LogP contribution >= 0.6 is 0 Å². The Morgan fingerprint density at radius 2 is 2.00 bits per heavy atom. The third-order valence-electron chi connectivity index (χ3n) is 3.54. The molecular weight excluding hydrogens is 262 g/mol. The van der Waals surface area contributed by atoms with Crippen LogP contribution in [0.25, 0.3) is 0 Å². The molecule has 0 atom stereocenters. The fourth-order valence-corrected chi connectivity index (χ4v) is 2.53. The number of anilines is 2. The van der Waals surface area contributed by atoms with Crippen molar-refractivity contribution in [3.05, 3.63) is 49.6 Å². The molecule has 0 saturated heterocycles. The molecule has 0 aliphatic carbocycles. The molecule has 1 aliphatic heterocycles. The maximum absolute atomic E-state index is 12.5. The molecule has 1 heterocycles. The van der Waals surface area contributed by atoms with E-state index < -0.39 is 0 Å². The van der Waals surface area contributed by atoms with Crippen molar-refractivity contribution >= 4 is 17.3 Å². The Hall–Kier alpha value is -2.23. The molecule has 0 aromatic heterocycles. The molecule has 1 aromatic carbocycles. The molecule has 0 bridgehead atoms. The lowest BCUT2D eigenvalue weighted by atomic mass is 10.2. The van der Waals surface area contributed by atoms with E-state index in [4.69, 9.17) is 0 Å². The summed E-state index contributed by atoms with van der Waals surface area (Å²) >= 11 is 0. The van der Waals surface area contributed by atoms with E-state index in [1.54, 1.807) is 17.1 Å². The molecule has 0 spiro atoms. The Morgan fingerprint density at radius 3 is 2.71 bits per heavy atom. The van der Waals surface area contributed by atoms with Crippen LogP contribution < -0.4 is 10.2 Å². The highest BCUT2D eigenvalue weighted by atomic mass is 16.2. The van der Waals surface area contributed by atoms with E-state index >= 15 is 0 Å². The van der Waals surface area contributed by atoms with Gasteiger partial charge in [0.1, 0.15) is 0 Å². The van der Waals surface area contributed by atoms with Gasteiger partial charge >= 0.3 is 0 Å². The molecule has 4 heteroatoms. The summed E-state index contributed by atoms with van der Waals surface area (Å²) in [6.45, 7) is 10.7. The molecule has 1 N–H and O–H groups in total. The van der Waals surface area contributed by atoms with Gasteiger partial charge in [-0.15, -0.1) is 13.2 Å². The van der Waals surface area contributed by atoms with Gasteiger partial charge in [0.05, 0.1) is 17.9 Å². The number of para-hydroxylation sites is 2. The van der Waals surface area contributed by atoms with Crippen LogP contribution in [0.4, 0.5) is 11.4 Å². The molecule has 112 valence electrons. The van der Waals surface area contributed by atoms with E-state index in [0.29, 0.717) is 19.6 Å². The van der Waals surface area contributed by atoms with Crippen molar-refractivity contribution in [2.45, 2.75) is 6.42 Å². The number of fused-ring (bicyclic) bond motifs is 1. The van der Waals surface area contributed by atoms with Crippen LogP contribution in [0.2, 0.25) is 0 Å². The normalized spacial score (nSPS) is 13.6. The minimum atomic E-state index is 0.103. The van der Waals surface area contributed by atoms with Gasteiger partial charge in [-0.05, 0) is 18.6 Å². The van der Waals surface area contributed by atoms with Gasteiger partial charge in [-0.1, -0.05) is 24.3 Å². The van der Waals surface area contributed by atoms with Crippen molar-refractivity contribution in [2.24, 2.45) is 0 Å². The average molecular weight is 285 g/mol. The van der Waals surface area contributed by atoms with Gasteiger partial charge in [0, 0.05) is 26.2 Å². The first-order valence-corrected chi connectivity index (χ1v) is 7.33. The highest BCUT2D eigenvalue weighted by Gasteiger charge is 2.19. The summed E-state index contributed by atoms with van der Waals surface area (Å²) in [6, 6.07) is 8.14. The van der Waals surface area contributed by atoms with Crippen molar-refractivity contribution in [3.8, 4) is 0 Å². The second-order valence-electron chi connectivity index (χ2n) is 5.10. The molecule has 4 nitrogen and oxygen atoms in total. The predicted octanol–water partition coefficient (Wildman–Crippen LogP) is 2.51. The number of hydrogen-bond donors (Lipinski definition) is 1. The third kappa shape index (κ3) is 3.88. The summed E-state index contributed by atoms with van der Waals surface area (Å²) < 4.78 is 0. The van der Waals surface area contributed by atoms with Crippen LogP contribution in [0.3, 0.4) is 0 Å². The Kier molecular flexibility index (Phi) is 5.43. The standard InChI is InChI=1S/C17H23N3O/c1-3-11-19(12-4-2)17(21)14-20-13-7-10-18-15-8-5-6-9-16(15)20/h3-6,8-9,18H,1-2,7,10-14H2. The van der Waals surface area contributed by atoms with Gasteiger partial charge in [-0.25, -0.2) is 0 Å². The summed E-state index contributed by atoms with van der Waals surface area (Å²) in [5.74, 6) is 0.103. The summed E-state index contributed by atoms with van der Waals surface area (Å²) in [7, 11) is 0. The monoisotopic (exact) mass is 285 g/mol. The Morgan fingerprint density at radius 1 is 1.29 bits per heavy atom. The third-order valence-corrected chi connectivity index (χ3v) is 3.54. The average Bonchev–Trinajstić information content (AvgIpc) is 2.70. The predicted molar refractivity (Wildman–Crippen MR) is 88.7 cm³/mol. The van der Waals surface area contributed by atoms with Gasteiger partial charge in [-0.3, -0.25) is 4.79 Å². The first-order valence-electron chi connectivity index (χ1n) is 7.33. The number of benzene rings is 1. The minimum Gasteiger partial charge on any atom is -0.383 e. The molecule has 0 radical (unpaired) electrons. The summed E-state index contributed by atoms with van der Waals surface area (Å²) in [5.41, 5.74) is 2.20. The molecule has 21 heavy (non-hydrogen) atoms. The number of carbonyl (C=O) groups is 1. The Balaban J connectivity index is 2.12. The molecule has 0 saturated carbocycles. The molecule has 0 unspecified atom stereocenters. The number of hydrogen-bond acceptors (Lipinski definition) is 3. The molecule has 1 aliphatic rings. The van der Waals surface area contributed by atoms with Crippen molar-refractivity contribution in [1.29, 1.82) is 0 Å². The molecule has 1 aromatic rings. The fraction of sp³-hybridized carbons (Fsp3) is 0.353. The highest BCUT2D eigenvalue weighted by molar-refractivity contribution is 5.84. The molecule has 2 rings (SSSR count). The molecule has 0 fully saturated rings. The topological polar surface area (TPSA) is 35.6 Å². The number of amides is 1. The zero-order chi connectivity index (χ0) is 15.1. The van der Waals surface area contributed by atoms with Crippen LogP contribution in [-0.2, 0) is 4.79 Å². The number of nitrogens with zero attached hydrogens (tertiary/aromatic N) is 2. The Bertz CT molecular complexity index is 503. The maximum Gasteiger partial charge on any atom is 0.242 e. The van der Waals surface area contributed by atoms with Crippen LogP contribution in [0.5, 0.6) is 0 Å². The van der Waals surface area contributed by atoms with Crippen LogP contribution in [0, 0.1) is 0 Å². The second kappa shape index (κ2) is 7.53. The summed E-state index contributed by atoms with van der Waals surface area (Å²) in [6.07, 6.45) is 4.52. The van der Waals surface area contributed by atoms with Crippen molar-refractivity contribution in [2.75, 3.05) is 42.9 Å². The van der Waals surface area contributed by atoms with Crippen LogP contribution in [-0.4, -0.2) is 43.5 Å². The van der Waals surface area contributed by atoms with E-state index in [1.165, 1.54) is 0 Å². The van der Waals surface area contributed by atoms with Gasteiger partial charge < -0.3 is 15.1 Å². The first-order chi connectivity index (χ1) is 10.3. The minimum absolute atomic E-state index is 0.103. The van der Waals surface area contributed by atoms with E-state index in [1.807, 2.05) is 12.1 Å². The van der Waals surface area contributed by atoms with Crippen molar-refractivity contribution in [1.82, 2.24) is 4.90 Å². The number of carbonyl (C=O) groups excluding carboxylic acids is 1. The van der Waals surface area contributed by atoms with E-state index in [9.17, 15) is 4.79 Å². The zero-order valence-corrected chi connectivity index (χ0v) is 12.4. The SMILES string of the molecule is C=CCN(CC=C)C(=O)CN1CCCNc2ccccc21. The summed E-state index contributed by atoms with van der Waals surface area (Å²) in [4.78, 5) is 16.4. The van der Waals surface area contributed by atoms with Crippen LogP contribution in [0.15, 0.2) is 49.6 Å². The lowest BCUT2D eigenvalue weighted by Gasteiger charge is -2.27. The van der Waals surface area contributed by atoms with Gasteiger partial charge in [0.2, 0.25) is 5.91 Å². The van der Waals surface area contributed by atoms with E-state index in [2.05, 4.69) is 35.5 Å². The van der Waals surface area contributed by atoms with Crippen LogP contribution in [0.1, 0.15) is 6.42 Å². The lowest BCUT2D eigenvalue weighted by Crippen LogP contribution is -2.41. The van der Waals surface area contributed by atoms with Gasteiger partial charge in [-0.2, -0.15) is 0 Å². The molecule has 1 amide bonds.